The third-order valence-corrected chi connectivity index (χ3v) is 5.27. The van der Waals surface area contributed by atoms with Crippen LogP contribution in [-0.2, 0) is 14.3 Å². The number of hydrogen-bond donors (Lipinski definition) is 2. The average molecular weight is 538 g/mol. The zero-order valence-electron chi connectivity index (χ0n) is 22.2. The quantitative estimate of drug-likeness (QED) is 0.191. The Hall–Kier alpha value is -4.19. The predicted octanol–water partition coefficient (Wildman–Crippen LogP) is 0.0726. The number of carbonyl (C=O) groups excluding carboxylic acids is 2. The van der Waals surface area contributed by atoms with Crippen LogP contribution >= 0.6 is 0 Å². The van der Waals surface area contributed by atoms with Gasteiger partial charge in [0, 0.05) is 6.42 Å². The van der Waals surface area contributed by atoms with Gasteiger partial charge in [0.25, 0.3) is 0 Å². The summed E-state index contributed by atoms with van der Waals surface area (Å²) in [6.07, 6.45) is 0.752. The lowest BCUT2D eigenvalue weighted by molar-refractivity contribution is -0.898. The molecule has 0 spiro atoms. The second-order valence-corrected chi connectivity index (χ2v) is 7.62. The molecule has 0 saturated carbocycles. The summed E-state index contributed by atoms with van der Waals surface area (Å²) in [6.45, 7) is 5.78. The van der Waals surface area contributed by atoms with Crippen molar-refractivity contribution in [3.8, 4) is 28.7 Å². The van der Waals surface area contributed by atoms with Crippen molar-refractivity contribution in [3.63, 3.8) is 0 Å². The van der Waals surface area contributed by atoms with E-state index in [2.05, 4.69) is 6.92 Å². The molecule has 0 saturated heterocycles. The Balaban J connectivity index is 0.00000107. The number of ether oxygens (including phenoxy) is 6. The van der Waals surface area contributed by atoms with Crippen molar-refractivity contribution in [2.45, 2.75) is 13.3 Å². The van der Waals surface area contributed by atoms with E-state index >= 15 is 0 Å². The molecular weight excluding hydrogens is 502 g/mol. The molecule has 0 aliphatic heterocycles. The van der Waals surface area contributed by atoms with Crippen LogP contribution in [0, 0.1) is 0 Å². The van der Waals surface area contributed by atoms with E-state index in [9.17, 15) is 4.79 Å². The first kappa shape index (κ1) is 31.8. The molecular formula is C26H35NO11. The first-order chi connectivity index (χ1) is 18.2. The van der Waals surface area contributed by atoms with E-state index < -0.39 is 17.9 Å². The molecule has 1 atom stereocenters. The Kier molecular flexibility index (Phi) is 14.5. The molecule has 0 aliphatic carbocycles. The van der Waals surface area contributed by atoms with Crippen LogP contribution in [0.25, 0.3) is 0 Å². The Labute approximate surface area is 221 Å². The van der Waals surface area contributed by atoms with Crippen molar-refractivity contribution < 1.29 is 57.9 Å². The summed E-state index contributed by atoms with van der Waals surface area (Å²) in [6, 6.07) is 10.7. The van der Waals surface area contributed by atoms with Gasteiger partial charge in [-0.3, -0.25) is 0 Å². The third-order valence-electron chi connectivity index (χ3n) is 5.27. The first-order valence-electron chi connectivity index (χ1n) is 11.7. The number of nitrogens with one attached hydrogen (secondary N) is 1. The predicted molar refractivity (Wildman–Crippen MR) is 133 cm³/mol. The molecule has 1 unspecified atom stereocenters. The number of carbonyl (C=O) groups is 3. The highest BCUT2D eigenvalue weighted by molar-refractivity contribution is 6.26. The van der Waals surface area contributed by atoms with Crippen LogP contribution in [0.4, 0.5) is 0 Å². The summed E-state index contributed by atoms with van der Waals surface area (Å²) < 4.78 is 32.3. The molecule has 2 N–H and O–H groups in total. The number of esters is 1. The molecule has 2 rings (SSSR count). The van der Waals surface area contributed by atoms with Gasteiger partial charge in [-0.25, -0.2) is 9.59 Å². The molecule has 0 aliphatic rings. The zero-order chi connectivity index (χ0) is 28.5. The van der Waals surface area contributed by atoms with Gasteiger partial charge < -0.3 is 48.3 Å². The highest BCUT2D eigenvalue weighted by Crippen LogP contribution is 2.38. The molecule has 12 nitrogen and oxygen atoms in total. The Morgan fingerprint density at radius 1 is 0.842 bits per heavy atom. The lowest BCUT2D eigenvalue weighted by Crippen LogP contribution is -3.12. The van der Waals surface area contributed by atoms with Crippen molar-refractivity contribution in [2.24, 2.45) is 0 Å². The number of likely N-dealkylation sites (N-methyl/N-ethyl adjacent to an activating group) is 1. The summed E-state index contributed by atoms with van der Waals surface area (Å²) in [4.78, 5) is 31.9. The summed E-state index contributed by atoms with van der Waals surface area (Å²) in [7, 11) is 6.17. The number of carboxylic acids is 2. The molecule has 0 bridgehead atoms. The fraction of sp³-hybridized carbons (Fsp3) is 0.423. The minimum absolute atomic E-state index is 0.332. The molecule has 2 aromatic rings. The van der Waals surface area contributed by atoms with Gasteiger partial charge in [0.05, 0.1) is 53.7 Å². The molecule has 12 heteroatoms. The number of aliphatic carboxylic acids is 2. The van der Waals surface area contributed by atoms with Crippen LogP contribution in [0.5, 0.6) is 28.7 Å². The number of hydrogen-bond acceptors (Lipinski definition) is 10. The van der Waals surface area contributed by atoms with Crippen LogP contribution in [0.3, 0.4) is 0 Å². The fourth-order valence-corrected chi connectivity index (χ4v) is 3.23. The Morgan fingerprint density at radius 2 is 1.39 bits per heavy atom. The van der Waals surface area contributed by atoms with E-state index in [0.717, 1.165) is 37.6 Å². The molecule has 38 heavy (non-hydrogen) atoms. The van der Waals surface area contributed by atoms with Crippen LogP contribution < -0.4 is 33.7 Å². The van der Waals surface area contributed by atoms with Crippen LogP contribution in [0.2, 0.25) is 0 Å². The summed E-state index contributed by atoms with van der Waals surface area (Å²) in [5, 5.41) is 16.3. The van der Waals surface area contributed by atoms with E-state index in [1.165, 1.54) is 26.2 Å². The maximum atomic E-state index is 12.5. The van der Waals surface area contributed by atoms with Gasteiger partial charge >= 0.3 is 11.9 Å². The standard InChI is InChI=1S/C24H33NO7.C2H2O4/c1-6-25(13-15-31-20-10-8-19(27-2)9-11-20)12-7-14-32-24(26)18-16-21(28-3)23(30-5)22(17-18)29-4;3-1(4)2(5)6/h8-11,16-17H,6-7,12-15H2,1-5H3;(H,3,4)(H,5,6). The molecule has 0 radical (unpaired) electrons. The third kappa shape index (κ3) is 10.8. The summed E-state index contributed by atoms with van der Waals surface area (Å²) in [5.41, 5.74) is 0.354. The molecule has 0 fully saturated rings. The molecule has 210 valence electrons. The zero-order valence-corrected chi connectivity index (χ0v) is 22.2. The maximum absolute atomic E-state index is 12.5. The van der Waals surface area contributed by atoms with Crippen LogP contribution in [0.1, 0.15) is 23.7 Å². The van der Waals surface area contributed by atoms with Gasteiger partial charge in [0.1, 0.15) is 24.7 Å². The van der Waals surface area contributed by atoms with Gasteiger partial charge in [0.2, 0.25) is 5.75 Å². The summed E-state index contributed by atoms with van der Waals surface area (Å²) >= 11 is 0. The van der Waals surface area contributed by atoms with E-state index in [1.807, 2.05) is 24.3 Å². The average Bonchev–Trinajstić information content (AvgIpc) is 2.93. The van der Waals surface area contributed by atoms with Crippen molar-refractivity contribution in [1.82, 2.24) is 0 Å². The SMILES string of the molecule is CC[NH+](CCCOC(=O)c1cc(OC)c(OC)c(OC)c1)CCOc1ccc(OC)cc1.O=C([O-])C(=O)O. The monoisotopic (exact) mass is 537 g/mol. The second kappa shape index (κ2) is 17.3. The van der Waals surface area contributed by atoms with Crippen LogP contribution in [0.15, 0.2) is 36.4 Å². The second-order valence-electron chi connectivity index (χ2n) is 7.62. The number of carboxylic acid groups (broad SMARTS) is 2. The fourth-order valence-electron chi connectivity index (χ4n) is 3.23. The van der Waals surface area contributed by atoms with Crippen molar-refractivity contribution >= 4 is 17.9 Å². The number of rotatable bonds is 14. The largest absolute Gasteiger partial charge is 0.539 e. The van der Waals surface area contributed by atoms with Crippen LogP contribution in [-0.4, -0.2) is 84.3 Å². The Morgan fingerprint density at radius 3 is 1.84 bits per heavy atom. The maximum Gasteiger partial charge on any atom is 0.351 e. The molecule has 0 heterocycles. The summed E-state index contributed by atoms with van der Waals surface area (Å²) in [5.74, 6) is -1.55. The van der Waals surface area contributed by atoms with Gasteiger partial charge in [-0.05, 0) is 43.3 Å². The molecule has 0 amide bonds. The smallest absolute Gasteiger partial charge is 0.351 e. The number of quaternary nitrogens is 1. The minimum Gasteiger partial charge on any atom is -0.539 e. The van der Waals surface area contributed by atoms with Gasteiger partial charge in [0.15, 0.2) is 17.5 Å². The molecule has 2 aromatic carbocycles. The minimum atomic E-state index is -2.07. The lowest BCUT2D eigenvalue weighted by Gasteiger charge is -2.18. The highest BCUT2D eigenvalue weighted by atomic mass is 16.5. The highest BCUT2D eigenvalue weighted by Gasteiger charge is 2.18. The van der Waals surface area contributed by atoms with Gasteiger partial charge in [-0.2, -0.15) is 0 Å². The Bertz CT molecular complexity index is 987. The van der Waals surface area contributed by atoms with Crippen molar-refractivity contribution in [2.75, 3.05) is 61.3 Å². The van der Waals surface area contributed by atoms with Gasteiger partial charge in [-0.1, -0.05) is 0 Å². The lowest BCUT2D eigenvalue weighted by atomic mass is 10.2. The van der Waals surface area contributed by atoms with E-state index in [0.29, 0.717) is 36.0 Å². The number of benzene rings is 2. The van der Waals surface area contributed by atoms with E-state index in [4.69, 9.17) is 48.2 Å². The first-order valence-corrected chi connectivity index (χ1v) is 11.7. The van der Waals surface area contributed by atoms with Crippen molar-refractivity contribution in [3.05, 3.63) is 42.0 Å². The topological polar surface area (TPSA) is 154 Å². The van der Waals surface area contributed by atoms with E-state index in [1.54, 1.807) is 19.2 Å². The van der Waals surface area contributed by atoms with Gasteiger partial charge in [-0.15, -0.1) is 0 Å². The van der Waals surface area contributed by atoms with E-state index in [-0.39, 0.29) is 0 Å². The number of methoxy groups -OCH3 is 4. The normalized spacial score (nSPS) is 10.8. The molecule has 0 aromatic heterocycles. The van der Waals surface area contributed by atoms with Crippen molar-refractivity contribution in [1.29, 1.82) is 0 Å².